The van der Waals surface area contributed by atoms with E-state index < -0.39 is 30.0 Å². The zero-order valence-electron chi connectivity index (χ0n) is 14.8. The van der Waals surface area contributed by atoms with Gasteiger partial charge in [-0.15, -0.1) is 0 Å². The van der Waals surface area contributed by atoms with Gasteiger partial charge in [0.25, 0.3) is 11.6 Å². The van der Waals surface area contributed by atoms with Crippen molar-refractivity contribution in [2.24, 2.45) is 0 Å². The van der Waals surface area contributed by atoms with E-state index in [9.17, 15) is 19.7 Å². The van der Waals surface area contributed by atoms with Gasteiger partial charge in [-0.25, -0.2) is 4.79 Å². The molecule has 0 bridgehead atoms. The highest BCUT2D eigenvalue weighted by Crippen LogP contribution is 2.25. The van der Waals surface area contributed by atoms with Crippen LogP contribution in [0, 0.1) is 17.0 Å². The first-order valence-electron chi connectivity index (χ1n) is 7.87. The Balaban J connectivity index is 1.82. The number of aryl methyl sites for hydroxylation is 1. The SMILES string of the molecule is COc1ccccc1OCC(=O)OCC(=O)Nc1ccc(C)c([N+](=O)[O-])c1. The van der Waals surface area contributed by atoms with Crippen molar-refractivity contribution < 1.29 is 28.7 Å². The van der Waals surface area contributed by atoms with Crippen LogP contribution in [-0.2, 0) is 14.3 Å². The Morgan fingerprint density at radius 3 is 2.48 bits per heavy atom. The molecule has 142 valence electrons. The van der Waals surface area contributed by atoms with Crippen molar-refractivity contribution in [1.29, 1.82) is 0 Å². The third-order valence-corrected chi connectivity index (χ3v) is 3.47. The molecule has 0 aliphatic carbocycles. The highest BCUT2D eigenvalue weighted by atomic mass is 16.6. The van der Waals surface area contributed by atoms with Crippen molar-refractivity contribution in [3.05, 3.63) is 58.1 Å². The largest absolute Gasteiger partial charge is 0.493 e. The minimum absolute atomic E-state index is 0.116. The topological polar surface area (TPSA) is 117 Å². The number of hydrogen-bond acceptors (Lipinski definition) is 7. The predicted molar refractivity (Wildman–Crippen MR) is 95.9 cm³/mol. The fourth-order valence-corrected chi connectivity index (χ4v) is 2.14. The van der Waals surface area contributed by atoms with Gasteiger partial charge in [-0.3, -0.25) is 14.9 Å². The molecule has 2 rings (SSSR count). The molecule has 0 aliphatic heterocycles. The monoisotopic (exact) mass is 374 g/mol. The molecule has 0 spiro atoms. The Morgan fingerprint density at radius 1 is 1.11 bits per heavy atom. The Kier molecular flexibility index (Phi) is 6.70. The van der Waals surface area contributed by atoms with Crippen molar-refractivity contribution in [3.63, 3.8) is 0 Å². The number of hydrogen-bond donors (Lipinski definition) is 1. The summed E-state index contributed by atoms with van der Waals surface area (Å²) in [6, 6.07) is 11.0. The summed E-state index contributed by atoms with van der Waals surface area (Å²) < 4.78 is 15.2. The molecule has 9 heteroatoms. The smallest absolute Gasteiger partial charge is 0.344 e. The first-order valence-corrected chi connectivity index (χ1v) is 7.87. The van der Waals surface area contributed by atoms with Crippen LogP contribution < -0.4 is 14.8 Å². The summed E-state index contributed by atoms with van der Waals surface area (Å²) in [5, 5.41) is 13.3. The van der Waals surface area contributed by atoms with Crippen LogP contribution in [0.15, 0.2) is 42.5 Å². The number of anilines is 1. The Bertz CT molecular complexity index is 851. The standard InChI is InChI=1S/C18H18N2O7/c1-12-7-8-13(9-14(12)20(23)24)19-17(21)10-27-18(22)11-26-16-6-4-3-5-15(16)25-2/h3-9H,10-11H2,1-2H3,(H,19,21). The molecule has 1 N–H and O–H groups in total. The molecular weight excluding hydrogens is 356 g/mol. The molecule has 0 radical (unpaired) electrons. The quantitative estimate of drug-likeness (QED) is 0.428. The summed E-state index contributed by atoms with van der Waals surface area (Å²) in [5.41, 5.74) is 0.589. The molecule has 0 aromatic heterocycles. The zero-order valence-corrected chi connectivity index (χ0v) is 14.8. The van der Waals surface area contributed by atoms with Crippen molar-refractivity contribution in [3.8, 4) is 11.5 Å². The van der Waals surface area contributed by atoms with Crippen molar-refractivity contribution >= 4 is 23.3 Å². The maximum atomic E-state index is 11.8. The van der Waals surface area contributed by atoms with Gasteiger partial charge in [-0.1, -0.05) is 18.2 Å². The van der Waals surface area contributed by atoms with Crippen LogP contribution >= 0.6 is 0 Å². The van der Waals surface area contributed by atoms with Crippen LogP contribution in [0.2, 0.25) is 0 Å². The number of rotatable bonds is 8. The number of benzene rings is 2. The van der Waals surface area contributed by atoms with Crippen molar-refractivity contribution in [1.82, 2.24) is 0 Å². The molecule has 0 fully saturated rings. The fourth-order valence-electron chi connectivity index (χ4n) is 2.14. The van der Waals surface area contributed by atoms with Gasteiger partial charge in [-0.05, 0) is 25.1 Å². The molecular formula is C18H18N2O7. The number of nitrogens with zero attached hydrogens (tertiary/aromatic N) is 1. The Labute approximate surface area is 155 Å². The van der Waals surface area contributed by atoms with Crippen LogP contribution in [0.5, 0.6) is 11.5 Å². The molecule has 2 aromatic rings. The number of nitrogens with one attached hydrogen (secondary N) is 1. The van der Waals surface area contributed by atoms with Gasteiger partial charge in [-0.2, -0.15) is 0 Å². The maximum absolute atomic E-state index is 11.8. The summed E-state index contributed by atoms with van der Waals surface area (Å²) in [7, 11) is 1.47. The number of para-hydroxylation sites is 2. The van der Waals surface area contributed by atoms with E-state index in [1.807, 2.05) is 0 Å². The number of carbonyl (C=O) groups excluding carboxylic acids is 2. The number of ether oxygens (including phenoxy) is 3. The van der Waals surface area contributed by atoms with E-state index in [0.717, 1.165) is 0 Å². The molecule has 0 unspecified atom stereocenters. The number of esters is 1. The summed E-state index contributed by atoms with van der Waals surface area (Å²) in [6.07, 6.45) is 0. The van der Waals surface area contributed by atoms with Gasteiger partial charge in [0.15, 0.2) is 24.7 Å². The lowest BCUT2D eigenvalue weighted by Crippen LogP contribution is -2.23. The lowest BCUT2D eigenvalue weighted by atomic mass is 10.2. The second-order valence-electron chi connectivity index (χ2n) is 5.41. The van der Waals surface area contributed by atoms with Crippen LogP contribution in [0.1, 0.15) is 5.56 Å². The highest BCUT2D eigenvalue weighted by Gasteiger charge is 2.14. The number of carbonyl (C=O) groups is 2. The molecule has 27 heavy (non-hydrogen) atoms. The van der Waals surface area contributed by atoms with E-state index in [4.69, 9.17) is 14.2 Å². The average molecular weight is 374 g/mol. The molecule has 2 aromatic carbocycles. The van der Waals surface area contributed by atoms with Crippen molar-refractivity contribution in [2.75, 3.05) is 25.6 Å². The van der Waals surface area contributed by atoms with Gasteiger partial charge in [0, 0.05) is 17.3 Å². The van der Waals surface area contributed by atoms with Crippen LogP contribution in [0.4, 0.5) is 11.4 Å². The summed E-state index contributed by atoms with van der Waals surface area (Å²) >= 11 is 0. The first kappa shape index (κ1) is 19.7. The molecule has 0 heterocycles. The minimum atomic E-state index is -0.744. The molecule has 9 nitrogen and oxygen atoms in total. The van der Waals surface area contributed by atoms with Crippen LogP contribution in [0.25, 0.3) is 0 Å². The third-order valence-electron chi connectivity index (χ3n) is 3.47. The zero-order chi connectivity index (χ0) is 19.8. The van der Waals surface area contributed by atoms with Gasteiger partial charge in [0.05, 0.1) is 12.0 Å². The molecule has 0 aliphatic rings. The predicted octanol–water partition coefficient (Wildman–Crippen LogP) is 2.47. The van der Waals surface area contributed by atoms with Gasteiger partial charge in [0.1, 0.15) is 0 Å². The second kappa shape index (κ2) is 9.18. The molecule has 0 saturated heterocycles. The van der Waals surface area contributed by atoms with E-state index in [1.54, 1.807) is 31.2 Å². The van der Waals surface area contributed by atoms with E-state index in [0.29, 0.717) is 17.1 Å². The number of nitro groups is 1. The maximum Gasteiger partial charge on any atom is 0.344 e. The average Bonchev–Trinajstić information content (AvgIpc) is 2.66. The van der Waals surface area contributed by atoms with Crippen molar-refractivity contribution in [2.45, 2.75) is 6.92 Å². The van der Waals surface area contributed by atoms with E-state index in [-0.39, 0.29) is 11.4 Å². The van der Waals surface area contributed by atoms with E-state index in [1.165, 1.54) is 25.3 Å². The van der Waals surface area contributed by atoms with Gasteiger partial charge < -0.3 is 19.5 Å². The second-order valence-corrected chi connectivity index (χ2v) is 5.41. The minimum Gasteiger partial charge on any atom is -0.493 e. The highest BCUT2D eigenvalue weighted by molar-refractivity contribution is 5.93. The normalized spacial score (nSPS) is 10.0. The third kappa shape index (κ3) is 5.70. The van der Waals surface area contributed by atoms with E-state index in [2.05, 4.69) is 5.32 Å². The van der Waals surface area contributed by atoms with Crippen LogP contribution in [0.3, 0.4) is 0 Å². The lowest BCUT2D eigenvalue weighted by Gasteiger charge is -2.10. The molecule has 0 atom stereocenters. The Morgan fingerprint density at radius 2 is 1.81 bits per heavy atom. The summed E-state index contributed by atoms with van der Waals surface area (Å²) in [4.78, 5) is 33.9. The van der Waals surface area contributed by atoms with Gasteiger partial charge >= 0.3 is 5.97 Å². The van der Waals surface area contributed by atoms with Gasteiger partial charge in [0.2, 0.25) is 0 Å². The molecule has 1 amide bonds. The summed E-state index contributed by atoms with van der Waals surface area (Å²) in [6.45, 7) is 0.646. The summed E-state index contributed by atoms with van der Waals surface area (Å²) in [5.74, 6) is -0.540. The number of nitro benzene ring substituents is 1. The first-order chi connectivity index (χ1) is 12.9. The Hall–Kier alpha value is -3.62. The fraction of sp³-hybridized carbons (Fsp3) is 0.222. The number of methoxy groups -OCH3 is 1. The van der Waals surface area contributed by atoms with E-state index >= 15 is 0 Å². The lowest BCUT2D eigenvalue weighted by molar-refractivity contribution is -0.385. The molecule has 0 saturated carbocycles. The van der Waals surface area contributed by atoms with Crippen LogP contribution in [-0.4, -0.2) is 37.1 Å². The number of amides is 1.